The van der Waals surface area contributed by atoms with Crippen molar-refractivity contribution in [3.8, 4) is 12.3 Å². The van der Waals surface area contributed by atoms with Gasteiger partial charge in [0.2, 0.25) is 0 Å². The SMILES string of the molecule is C#CCO[C@H]1C[C@H](n2cc(C)c(=O)[nH]c2=O)O[C@@H]1CO. The second-order valence-electron chi connectivity index (χ2n) is 4.58. The van der Waals surface area contributed by atoms with E-state index in [0.717, 1.165) is 0 Å². The zero-order valence-electron chi connectivity index (χ0n) is 11.0. The Balaban J connectivity index is 2.23. The number of aromatic amines is 1. The fourth-order valence-electron chi connectivity index (χ4n) is 2.17. The molecule has 2 heterocycles. The van der Waals surface area contributed by atoms with Gasteiger partial charge in [0.1, 0.15) is 18.9 Å². The Hall–Kier alpha value is -1.88. The van der Waals surface area contributed by atoms with Crippen molar-refractivity contribution in [2.75, 3.05) is 13.2 Å². The molecular formula is C13H16N2O5. The number of aryl methyl sites for hydroxylation is 1. The third kappa shape index (κ3) is 2.82. The average Bonchev–Trinajstić information content (AvgIpc) is 2.83. The minimum atomic E-state index is -0.599. The number of nitrogens with zero attached hydrogens (tertiary/aromatic N) is 1. The van der Waals surface area contributed by atoms with Gasteiger partial charge < -0.3 is 14.6 Å². The lowest BCUT2D eigenvalue weighted by molar-refractivity contribution is -0.0576. The molecule has 2 rings (SSSR count). The van der Waals surface area contributed by atoms with Crippen molar-refractivity contribution in [2.24, 2.45) is 0 Å². The lowest BCUT2D eigenvalue weighted by atomic mass is 10.2. The van der Waals surface area contributed by atoms with E-state index < -0.39 is 23.6 Å². The van der Waals surface area contributed by atoms with Crippen molar-refractivity contribution in [3.05, 3.63) is 32.6 Å². The van der Waals surface area contributed by atoms with Crippen molar-refractivity contribution < 1.29 is 14.6 Å². The number of H-pyrrole nitrogens is 1. The van der Waals surface area contributed by atoms with Crippen molar-refractivity contribution in [2.45, 2.75) is 31.8 Å². The minimum absolute atomic E-state index is 0.108. The molecule has 2 N–H and O–H groups in total. The molecule has 0 amide bonds. The first-order chi connectivity index (χ1) is 9.56. The quantitative estimate of drug-likeness (QED) is 0.700. The molecule has 0 saturated carbocycles. The van der Waals surface area contributed by atoms with Crippen molar-refractivity contribution in [1.82, 2.24) is 9.55 Å². The molecule has 0 radical (unpaired) electrons. The Morgan fingerprint density at radius 1 is 1.65 bits per heavy atom. The fraction of sp³-hybridized carbons (Fsp3) is 0.538. The summed E-state index contributed by atoms with van der Waals surface area (Å²) in [5.41, 5.74) is -0.579. The van der Waals surface area contributed by atoms with Gasteiger partial charge in [0.25, 0.3) is 5.56 Å². The van der Waals surface area contributed by atoms with Gasteiger partial charge >= 0.3 is 5.69 Å². The van der Waals surface area contributed by atoms with Gasteiger partial charge in [-0.15, -0.1) is 6.42 Å². The van der Waals surface area contributed by atoms with Gasteiger partial charge in [0, 0.05) is 18.2 Å². The molecule has 7 nitrogen and oxygen atoms in total. The van der Waals surface area contributed by atoms with Crippen molar-refractivity contribution >= 4 is 0 Å². The number of hydrogen-bond donors (Lipinski definition) is 2. The first-order valence-electron chi connectivity index (χ1n) is 6.20. The molecule has 3 atom stereocenters. The van der Waals surface area contributed by atoms with Crippen LogP contribution < -0.4 is 11.2 Å². The maximum absolute atomic E-state index is 11.8. The zero-order chi connectivity index (χ0) is 14.7. The van der Waals surface area contributed by atoms with Crippen LogP contribution >= 0.6 is 0 Å². The van der Waals surface area contributed by atoms with E-state index in [-0.39, 0.29) is 19.3 Å². The van der Waals surface area contributed by atoms with Gasteiger partial charge in [-0.2, -0.15) is 0 Å². The zero-order valence-corrected chi connectivity index (χ0v) is 11.0. The second kappa shape index (κ2) is 6.05. The van der Waals surface area contributed by atoms with Crippen molar-refractivity contribution in [3.63, 3.8) is 0 Å². The molecule has 20 heavy (non-hydrogen) atoms. The summed E-state index contributed by atoms with van der Waals surface area (Å²) in [6.07, 6.45) is 5.40. The van der Waals surface area contributed by atoms with Gasteiger partial charge in [-0.05, 0) is 6.92 Å². The standard InChI is InChI=1S/C13H16N2O5/c1-3-4-19-9-5-11(20-10(9)7-16)15-6-8(2)12(17)14-13(15)18/h1,6,9-11,16H,4-5,7H2,2H3,(H,14,17,18)/t9-,10+,11+/m0/s1. The van der Waals surface area contributed by atoms with E-state index in [9.17, 15) is 14.7 Å². The molecule has 0 unspecified atom stereocenters. The molecule has 0 spiro atoms. The predicted octanol–water partition coefficient (Wildman–Crippen LogP) is -0.857. The Kier molecular flexibility index (Phi) is 4.39. The first-order valence-corrected chi connectivity index (χ1v) is 6.20. The first kappa shape index (κ1) is 14.5. The summed E-state index contributed by atoms with van der Waals surface area (Å²) in [6.45, 7) is 1.47. The molecule has 0 aliphatic carbocycles. The van der Waals surface area contributed by atoms with E-state index in [4.69, 9.17) is 15.9 Å². The Labute approximate surface area is 115 Å². The summed E-state index contributed by atoms with van der Waals surface area (Å²) >= 11 is 0. The smallest absolute Gasteiger partial charge is 0.330 e. The van der Waals surface area contributed by atoms with E-state index in [1.165, 1.54) is 10.8 Å². The lowest BCUT2D eigenvalue weighted by Crippen LogP contribution is -2.33. The largest absolute Gasteiger partial charge is 0.394 e. The summed E-state index contributed by atoms with van der Waals surface area (Å²) < 4.78 is 12.3. The van der Waals surface area contributed by atoms with Crippen LogP contribution in [0.2, 0.25) is 0 Å². The molecule has 0 aromatic carbocycles. The van der Waals surface area contributed by atoms with E-state index in [1.807, 2.05) is 0 Å². The maximum Gasteiger partial charge on any atom is 0.330 e. The Bertz CT molecular complexity index is 627. The van der Waals surface area contributed by atoms with E-state index in [1.54, 1.807) is 6.92 Å². The Morgan fingerprint density at radius 2 is 2.40 bits per heavy atom. The fourth-order valence-corrected chi connectivity index (χ4v) is 2.17. The summed E-state index contributed by atoms with van der Waals surface area (Å²) in [5, 5.41) is 9.27. The number of ether oxygens (including phenoxy) is 2. The molecule has 1 aromatic rings. The van der Waals surface area contributed by atoms with Crippen LogP contribution in [0.15, 0.2) is 15.8 Å². The molecular weight excluding hydrogens is 264 g/mol. The van der Waals surface area contributed by atoms with Crippen LogP contribution in [0.25, 0.3) is 0 Å². The average molecular weight is 280 g/mol. The minimum Gasteiger partial charge on any atom is -0.394 e. The van der Waals surface area contributed by atoms with Gasteiger partial charge in [0.15, 0.2) is 0 Å². The highest BCUT2D eigenvalue weighted by atomic mass is 16.6. The van der Waals surface area contributed by atoms with Crippen LogP contribution in [-0.2, 0) is 9.47 Å². The van der Waals surface area contributed by atoms with Crippen LogP contribution in [0.3, 0.4) is 0 Å². The number of aromatic nitrogens is 2. The molecule has 1 aromatic heterocycles. The van der Waals surface area contributed by atoms with E-state index in [2.05, 4.69) is 10.9 Å². The summed E-state index contributed by atoms with van der Waals surface area (Å²) in [5.74, 6) is 2.35. The van der Waals surface area contributed by atoms with Crippen LogP contribution in [0.5, 0.6) is 0 Å². The predicted molar refractivity (Wildman–Crippen MR) is 70.2 cm³/mol. The van der Waals surface area contributed by atoms with E-state index >= 15 is 0 Å². The van der Waals surface area contributed by atoms with Crippen LogP contribution in [0.4, 0.5) is 0 Å². The van der Waals surface area contributed by atoms with Crippen molar-refractivity contribution in [1.29, 1.82) is 0 Å². The van der Waals surface area contributed by atoms with Crippen LogP contribution in [0, 0.1) is 19.3 Å². The molecule has 0 bridgehead atoms. The van der Waals surface area contributed by atoms with Gasteiger partial charge in [0.05, 0.1) is 12.7 Å². The second-order valence-corrected chi connectivity index (χ2v) is 4.58. The topological polar surface area (TPSA) is 93.6 Å². The summed E-state index contributed by atoms with van der Waals surface area (Å²) in [7, 11) is 0. The number of aliphatic hydroxyl groups is 1. The van der Waals surface area contributed by atoms with E-state index in [0.29, 0.717) is 12.0 Å². The third-order valence-electron chi connectivity index (χ3n) is 3.20. The molecule has 1 aliphatic rings. The highest BCUT2D eigenvalue weighted by Crippen LogP contribution is 2.29. The highest BCUT2D eigenvalue weighted by molar-refractivity contribution is 5.02. The number of aliphatic hydroxyl groups excluding tert-OH is 1. The summed E-state index contributed by atoms with van der Waals surface area (Å²) in [6, 6.07) is 0. The van der Waals surface area contributed by atoms with Crippen LogP contribution in [-0.4, -0.2) is 40.1 Å². The Morgan fingerprint density at radius 3 is 3.05 bits per heavy atom. The molecule has 108 valence electrons. The molecule has 7 heteroatoms. The molecule has 1 saturated heterocycles. The highest BCUT2D eigenvalue weighted by Gasteiger charge is 2.37. The van der Waals surface area contributed by atoms with Crippen LogP contribution in [0.1, 0.15) is 18.2 Å². The number of hydrogen-bond acceptors (Lipinski definition) is 5. The third-order valence-corrected chi connectivity index (χ3v) is 3.20. The van der Waals surface area contributed by atoms with Gasteiger partial charge in [-0.25, -0.2) is 4.79 Å². The van der Waals surface area contributed by atoms with Gasteiger partial charge in [-0.3, -0.25) is 14.3 Å². The number of terminal acetylenes is 1. The summed E-state index contributed by atoms with van der Waals surface area (Å²) in [4.78, 5) is 25.3. The monoisotopic (exact) mass is 280 g/mol. The lowest BCUT2D eigenvalue weighted by Gasteiger charge is -2.15. The molecule has 1 aliphatic heterocycles. The normalized spacial score (nSPS) is 25.6. The van der Waals surface area contributed by atoms with Gasteiger partial charge in [-0.1, -0.05) is 5.92 Å². The number of rotatable bonds is 4. The molecule has 1 fully saturated rings. The maximum atomic E-state index is 11.8. The number of nitrogens with one attached hydrogen (secondary N) is 1.